The van der Waals surface area contributed by atoms with Gasteiger partial charge in [-0.1, -0.05) is 102 Å². The number of thiol groups is 1. The van der Waals surface area contributed by atoms with Crippen molar-refractivity contribution in [3.05, 3.63) is 90.7 Å². The summed E-state index contributed by atoms with van der Waals surface area (Å²) in [7, 11) is -1.16. The molecule has 8 unspecified atom stereocenters. The van der Waals surface area contributed by atoms with Crippen LogP contribution in [0, 0.1) is 29.6 Å². The van der Waals surface area contributed by atoms with Gasteiger partial charge < -0.3 is 48.4 Å². The molecule has 4 saturated carbocycles. The fraction of sp³-hybridized carbons (Fsp3) is 0.701. The van der Waals surface area contributed by atoms with Gasteiger partial charge in [-0.25, -0.2) is 41.2 Å². The number of aliphatic imine (C=N–C) groups is 1. The number of carbonyl (C=O) groups is 5. The zero-order valence-electron chi connectivity index (χ0n) is 73.6. The summed E-state index contributed by atoms with van der Waals surface area (Å²) in [5.41, 5.74) is 5.20. The minimum Gasteiger partial charge on any atom is -0.468 e. The summed E-state index contributed by atoms with van der Waals surface area (Å²) in [5, 5.41) is 19.1. The second kappa shape index (κ2) is 57.2. The number of methoxy groups -OCH3 is 4. The Balaban J connectivity index is 0.000000174. The number of nitrogens with two attached hydrogens (primary N) is 1. The molecule has 12 heterocycles. The summed E-state index contributed by atoms with van der Waals surface area (Å²) in [4.78, 5) is 73.8. The second-order valence-corrected chi connectivity index (χ2v) is 46.4. The van der Waals surface area contributed by atoms with Crippen molar-refractivity contribution in [1.29, 1.82) is 0 Å². The molecule has 5 saturated heterocycles. The molecule has 0 aromatic carbocycles. The van der Waals surface area contributed by atoms with Crippen LogP contribution in [0.1, 0.15) is 228 Å². The number of hydrogen-bond acceptors (Lipinski definition) is 30. The van der Waals surface area contributed by atoms with Gasteiger partial charge in [0.1, 0.15) is 52.5 Å². The number of ether oxygens (including phenoxy) is 9. The zero-order valence-corrected chi connectivity index (χ0v) is 84.9. The van der Waals surface area contributed by atoms with E-state index in [1.807, 2.05) is 30.2 Å². The number of nitrogen functional groups attached to an aromatic ring is 1. The normalized spacial score (nSPS) is 21.3. The number of Topliss-reactive ketones (excluding diaryl/α,β-unsaturated/α-hetero) is 1. The van der Waals surface area contributed by atoms with Crippen molar-refractivity contribution in [2.45, 2.75) is 270 Å². The average Bonchev–Trinajstić information content (AvgIpc) is 1.65. The SMILES string of the molecule is BrC1=CCN=C1.COC(=O)C(Br)CC1CCOCC1.COC(=O)C(CC1CCCOC1)n1cc(Br)cn1.COC(=O)C(CC1CCCOC1)n1cc(SC2CCCC2)cn1.COC(=O)C(CC1CCOCC1)n1cc(S(=O)(=O)C2CCCC2)cn1.Nc1ncc(Cl)s1.O=C(Cc1ncc(Cl)s1)C(CC1CCCOC1)n1cc(S(=O)(=O)C2CCCC2)cn1.SC1CCCC1. The number of esters is 4. The van der Waals surface area contributed by atoms with E-state index in [2.05, 4.69) is 101 Å². The lowest BCUT2D eigenvalue weighted by atomic mass is 9.92. The maximum Gasteiger partial charge on any atom is 0.330 e. The maximum atomic E-state index is 13.2. The molecule has 41 heteroatoms. The second-order valence-electron chi connectivity index (χ2n) is 33.4. The van der Waals surface area contributed by atoms with Gasteiger partial charge in [0.15, 0.2) is 30.6 Å². The summed E-state index contributed by atoms with van der Waals surface area (Å²) in [6.07, 6.45) is 51.2. The number of carbonyl (C=O) groups excluding carboxylic acids is 5. The number of ketones is 1. The molecule has 16 rings (SSSR count). The first kappa shape index (κ1) is 107. The van der Waals surface area contributed by atoms with E-state index in [1.165, 1.54) is 143 Å². The van der Waals surface area contributed by atoms with Crippen molar-refractivity contribution in [3.8, 4) is 0 Å². The van der Waals surface area contributed by atoms with E-state index < -0.39 is 31.8 Å². The third-order valence-electron chi connectivity index (χ3n) is 24.1. The fourth-order valence-corrected chi connectivity index (χ4v) is 25.0. The van der Waals surface area contributed by atoms with Crippen LogP contribution in [0.5, 0.6) is 0 Å². The highest BCUT2D eigenvalue weighted by Gasteiger charge is 2.38. The number of sulfone groups is 2. The Labute approximate surface area is 806 Å². The first-order valence-corrected chi connectivity index (χ1v) is 54.0. The van der Waals surface area contributed by atoms with Crippen LogP contribution in [0.2, 0.25) is 8.67 Å². The number of hydrogen-bond donors (Lipinski definition) is 2. The quantitative estimate of drug-likeness (QED) is 0.0209. The molecule has 0 amide bonds. The number of thioether (sulfide) groups is 1. The van der Waals surface area contributed by atoms with Gasteiger partial charge in [0.25, 0.3) is 0 Å². The van der Waals surface area contributed by atoms with Crippen molar-refractivity contribution in [1.82, 2.24) is 49.1 Å². The predicted molar refractivity (Wildman–Crippen MR) is 510 cm³/mol. The fourth-order valence-electron chi connectivity index (χ4n) is 16.9. The van der Waals surface area contributed by atoms with Crippen LogP contribution in [0.4, 0.5) is 5.13 Å². The van der Waals surface area contributed by atoms with Crippen LogP contribution in [0.15, 0.2) is 96.7 Å². The number of anilines is 1. The molecule has 9 fully saturated rings. The monoisotopic (exact) mass is 2130 g/mol. The first-order chi connectivity index (χ1) is 61.7. The summed E-state index contributed by atoms with van der Waals surface area (Å²) < 4.78 is 107. The van der Waals surface area contributed by atoms with Crippen LogP contribution >= 0.6 is 118 Å². The maximum absolute atomic E-state index is 13.2. The highest BCUT2D eigenvalue weighted by molar-refractivity contribution is 9.12. The van der Waals surface area contributed by atoms with E-state index in [1.54, 1.807) is 34.2 Å². The lowest BCUT2D eigenvalue weighted by Crippen LogP contribution is -2.28. The lowest BCUT2D eigenvalue weighted by molar-refractivity contribution is -0.146. The zero-order chi connectivity index (χ0) is 91.8. The lowest BCUT2D eigenvalue weighted by Gasteiger charge is -2.26. The van der Waals surface area contributed by atoms with Gasteiger partial charge in [0, 0.05) is 117 Å². The summed E-state index contributed by atoms with van der Waals surface area (Å²) in [6.45, 7) is 8.36. The minimum absolute atomic E-state index is 0.0421. The molecular formula is C87H127Br3Cl2N12O18S6. The number of nitrogens with zero attached hydrogens (tertiary/aromatic N) is 11. The van der Waals surface area contributed by atoms with E-state index in [0.717, 1.165) is 175 Å². The van der Waals surface area contributed by atoms with Crippen molar-refractivity contribution in [2.24, 2.45) is 34.6 Å². The van der Waals surface area contributed by atoms with Crippen LogP contribution in [-0.4, -0.2) is 229 Å². The van der Waals surface area contributed by atoms with Gasteiger partial charge in [-0.15, -0.1) is 23.1 Å². The number of thiazole rings is 2. The summed E-state index contributed by atoms with van der Waals surface area (Å²) in [6, 6.07) is -1.86. The molecule has 714 valence electrons. The van der Waals surface area contributed by atoms with Crippen LogP contribution in [-0.2, 0) is 92.7 Å². The Hall–Kier alpha value is -4.72. The van der Waals surface area contributed by atoms with Crippen molar-refractivity contribution >= 4 is 179 Å². The van der Waals surface area contributed by atoms with Gasteiger partial charge in [0.05, 0.1) is 93.6 Å². The van der Waals surface area contributed by atoms with E-state index >= 15 is 0 Å². The molecular weight excluding hydrogens is 2000 g/mol. The average molecular weight is 2130 g/mol. The molecule has 6 aromatic rings. The molecule has 8 atom stereocenters. The van der Waals surface area contributed by atoms with Gasteiger partial charge in [-0.3, -0.25) is 33.3 Å². The van der Waals surface area contributed by atoms with Gasteiger partial charge >= 0.3 is 23.9 Å². The standard InChI is InChI=1S/C20H26ClN3O4S2.C17H26N2O5S.C17H26N2O3S.C12H17BrN2O3.C9H15BrO3.C5H10S.C4H4BrN.C3H3ClN2S/c21-19-11-22-20(29-19)9-18(25)17(8-14-4-3-7-28-13-14)24-12-16(10-23-24)30(26,27)15-5-1-2-6-15;1-23-17(20)16(10-13-6-8-24-9-7-13)19-12-15(11-18-19)25(21,22)14-4-2-3-5-14;1-21-17(20)16(9-13-5-4-8-22-12-13)19-11-15(10-18-19)23-14-6-2-3-7-14;1-17-12(16)11(15-7-10(13)6-14-15)5-9-3-2-4-18-8-9;1-12-9(11)8(10)6-7-2-4-13-5-3-7;6-5-3-1-2-4-5;5-4-1-2-6-3-4;4-2-1-6-3(5)7-2/h10-12,14-15,17H,1-9,13H2;11-14,16H,2-10H2,1H3;10-11,13-14,16H,2-9,12H2,1H3;6-7,9,11H,2-5,8H2,1H3;7-8H,2-6H2,1H3;5-6H,1-4H2;1,3H,2H2;1H,(H2,5,6). The third-order valence-corrected chi connectivity index (χ3v) is 34.0. The Morgan fingerprint density at radius 2 is 0.906 bits per heavy atom. The molecule has 4 aliphatic carbocycles. The molecule has 0 bridgehead atoms. The smallest absolute Gasteiger partial charge is 0.330 e. The molecule has 128 heavy (non-hydrogen) atoms. The topological polar surface area (TPSA) is 372 Å². The molecule has 2 N–H and O–H groups in total. The highest BCUT2D eigenvalue weighted by atomic mass is 79.9. The summed E-state index contributed by atoms with van der Waals surface area (Å²) >= 11 is 30.0. The Morgan fingerprint density at radius 1 is 0.492 bits per heavy atom. The van der Waals surface area contributed by atoms with E-state index in [4.69, 9.17) is 66.8 Å². The number of halogens is 5. The Morgan fingerprint density at radius 3 is 1.28 bits per heavy atom. The summed E-state index contributed by atoms with van der Waals surface area (Å²) in [5.74, 6) is 0.910. The van der Waals surface area contributed by atoms with Crippen LogP contribution < -0.4 is 5.73 Å². The van der Waals surface area contributed by atoms with Crippen LogP contribution in [0.25, 0.3) is 0 Å². The Bertz CT molecular complexity index is 4560. The van der Waals surface area contributed by atoms with Crippen LogP contribution in [0.3, 0.4) is 0 Å². The number of aromatic nitrogens is 10. The van der Waals surface area contributed by atoms with Crippen molar-refractivity contribution in [3.63, 3.8) is 0 Å². The first-order valence-electron chi connectivity index (χ1n) is 44.6. The van der Waals surface area contributed by atoms with E-state index in [0.29, 0.717) is 112 Å². The molecule has 10 aliphatic rings. The van der Waals surface area contributed by atoms with E-state index in [9.17, 15) is 40.8 Å². The van der Waals surface area contributed by atoms with Gasteiger partial charge in [-0.05, 0) is 215 Å². The number of rotatable bonds is 27. The molecule has 0 radical (unpaired) electrons. The number of allylic oxidation sites excluding steroid dienone is 1. The van der Waals surface area contributed by atoms with Crippen molar-refractivity contribution in [2.75, 3.05) is 107 Å². The molecule has 30 nitrogen and oxygen atoms in total. The molecule has 0 spiro atoms. The molecule has 6 aromatic heterocycles. The third kappa shape index (κ3) is 36.2. The number of alkyl halides is 1. The molecule has 6 aliphatic heterocycles. The van der Waals surface area contributed by atoms with Gasteiger partial charge in [-0.2, -0.15) is 33.0 Å². The van der Waals surface area contributed by atoms with Gasteiger partial charge in [0.2, 0.25) is 0 Å². The largest absolute Gasteiger partial charge is 0.468 e. The predicted octanol–water partition coefficient (Wildman–Crippen LogP) is 18.0. The van der Waals surface area contributed by atoms with E-state index in [-0.39, 0.29) is 79.2 Å². The Kier molecular flexibility index (Phi) is 47.8. The van der Waals surface area contributed by atoms with Crippen molar-refractivity contribution < 1.29 is 83.4 Å². The minimum atomic E-state index is -3.41. The highest BCUT2D eigenvalue weighted by Crippen LogP contribution is 2.39.